The van der Waals surface area contributed by atoms with Gasteiger partial charge in [-0.1, -0.05) is 30.3 Å². The fourth-order valence-corrected chi connectivity index (χ4v) is 2.80. The fourth-order valence-electron chi connectivity index (χ4n) is 2.80. The summed E-state index contributed by atoms with van der Waals surface area (Å²) in [4.78, 5) is 2.39. The Morgan fingerprint density at radius 1 is 1.00 bits per heavy atom. The molecule has 112 valence electrons. The molecule has 2 nitrogen and oxygen atoms in total. The van der Waals surface area contributed by atoms with Crippen molar-refractivity contribution in [1.82, 2.24) is 0 Å². The van der Waals surface area contributed by atoms with Gasteiger partial charge >= 0.3 is 0 Å². The van der Waals surface area contributed by atoms with Crippen LogP contribution in [0.1, 0.15) is 35.2 Å². The number of anilines is 1. The highest BCUT2D eigenvalue weighted by molar-refractivity contribution is 5.51. The predicted octanol–water partition coefficient (Wildman–Crippen LogP) is 4.14. The van der Waals surface area contributed by atoms with Crippen molar-refractivity contribution in [3.05, 3.63) is 64.7 Å². The van der Waals surface area contributed by atoms with Gasteiger partial charge in [0.2, 0.25) is 0 Å². The maximum Gasteiger partial charge on any atom is 0.0664 e. The molecule has 0 aromatic heterocycles. The molecule has 0 aliphatic rings. The van der Waals surface area contributed by atoms with Crippen molar-refractivity contribution in [3.63, 3.8) is 0 Å². The lowest BCUT2D eigenvalue weighted by atomic mass is 9.99. The molecule has 0 spiro atoms. The van der Waals surface area contributed by atoms with Gasteiger partial charge in [-0.05, 0) is 62.1 Å². The average Bonchev–Trinajstić information content (AvgIpc) is 2.47. The van der Waals surface area contributed by atoms with Gasteiger partial charge in [-0.2, -0.15) is 0 Å². The summed E-state index contributed by atoms with van der Waals surface area (Å²) < 4.78 is 0. The zero-order valence-electron chi connectivity index (χ0n) is 13.6. The maximum atomic E-state index is 6.10. The quantitative estimate of drug-likeness (QED) is 0.893. The minimum atomic E-state index is 0.219. The molecule has 1 atom stereocenters. The maximum absolute atomic E-state index is 6.10. The Hall–Kier alpha value is -1.80. The second kappa shape index (κ2) is 6.77. The highest BCUT2D eigenvalue weighted by atomic mass is 15.2. The third-order valence-corrected chi connectivity index (χ3v) is 4.19. The first kappa shape index (κ1) is 15.6. The molecular weight excluding hydrogens is 256 g/mol. The summed E-state index contributed by atoms with van der Waals surface area (Å²) in [7, 11) is 0. The van der Waals surface area contributed by atoms with Gasteiger partial charge < -0.3 is 10.6 Å². The zero-order chi connectivity index (χ0) is 15.4. The fraction of sp³-hybridized carbons (Fsp3) is 0.368. The number of hydrogen-bond donors (Lipinski definition) is 1. The Morgan fingerprint density at radius 3 is 2.33 bits per heavy atom. The highest BCUT2D eigenvalue weighted by Crippen LogP contribution is 2.28. The van der Waals surface area contributed by atoms with Gasteiger partial charge in [-0.25, -0.2) is 0 Å². The molecule has 0 radical (unpaired) electrons. The van der Waals surface area contributed by atoms with Crippen molar-refractivity contribution in [3.8, 4) is 0 Å². The van der Waals surface area contributed by atoms with Crippen molar-refractivity contribution >= 4 is 5.69 Å². The van der Waals surface area contributed by atoms with Crippen LogP contribution in [0.2, 0.25) is 0 Å². The van der Waals surface area contributed by atoms with E-state index in [9.17, 15) is 0 Å². The molecule has 0 fully saturated rings. The van der Waals surface area contributed by atoms with Crippen LogP contribution >= 0.6 is 0 Å². The van der Waals surface area contributed by atoms with Crippen LogP contribution in [0.25, 0.3) is 0 Å². The van der Waals surface area contributed by atoms with Gasteiger partial charge in [-0.3, -0.25) is 0 Å². The number of benzene rings is 2. The van der Waals surface area contributed by atoms with E-state index in [1.165, 1.54) is 27.9 Å². The van der Waals surface area contributed by atoms with E-state index < -0.39 is 0 Å². The van der Waals surface area contributed by atoms with Crippen molar-refractivity contribution in [1.29, 1.82) is 0 Å². The summed E-state index contributed by atoms with van der Waals surface area (Å²) in [5.74, 6) is 0. The summed E-state index contributed by atoms with van der Waals surface area (Å²) in [5.41, 5.74) is 12.6. The zero-order valence-corrected chi connectivity index (χ0v) is 13.6. The largest absolute Gasteiger partial charge is 0.363 e. The van der Waals surface area contributed by atoms with E-state index in [2.05, 4.69) is 75.1 Å². The van der Waals surface area contributed by atoms with Crippen LogP contribution in [0, 0.1) is 20.8 Å². The number of likely N-dealkylation sites (N-methyl/N-ethyl adjacent to an activating group) is 1. The van der Waals surface area contributed by atoms with E-state index in [0.29, 0.717) is 6.54 Å². The summed E-state index contributed by atoms with van der Waals surface area (Å²) in [6, 6.07) is 15.5. The van der Waals surface area contributed by atoms with Gasteiger partial charge in [0, 0.05) is 18.8 Å². The molecule has 0 amide bonds. The molecule has 0 bridgehead atoms. The van der Waals surface area contributed by atoms with Crippen molar-refractivity contribution in [2.45, 2.75) is 33.7 Å². The minimum absolute atomic E-state index is 0.219. The van der Waals surface area contributed by atoms with Crippen LogP contribution in [-0.4, -0.2) is 13.1 Å². The molecule has 2 N–H and O–H groups in total. The number of aryl methyl sites for hydroxylation is 3. The van der Waals surface area contributed by atoms with E-state index in [1.54, 1.807) is 0 Å². The molecule has 0 aliphatic carbocycles. The number of nitrogens with two attached hydrogens (primary N) is 1. The second-order valence-electron chi connectivity index (χ2n) is 5.72. The Kier molecular flexibility index (Phi) is 5.03. The normalized spacial score (nSPS) is 12.2. The lowest BCUT2D eigenvalue weighted by molar-refractivity contribution is 0.642. The Bertz CT molecular complexity index is 604. The summed E-state index contributed by atoms with van der Waals surface area (Å²) in [6.07, 6.45) is 0. The Balaban J connectivity index is 2.39. The lowest BCUT2D eigenvalue weighted by Crippen LogP contribution is -2.33. The lowest BCUT2D eigenvalue weighted by Gasteiger charge is -2.33. The molecule has 0 saturated carbocycles. The summed E-state index contributed by atoms with van der Waals surface area (Å²) in [6.45, 7) is 10.2. The smallest absolute Gasteiger partial charge is 0.0664 e. The number of nitrogens with zero attached hydrogens (tertiary/aromatic N) is 1. The van der Waals surface area contributed by atoms with Gasteiger partial charge in [-0.15, -0.1) is 0 Å². The van der Waals surface area contributed by atoms with Gasteiger partial charge in [0.05, 0.1) is 6.04 Å². The topological polar surface area (TPSA) is 29.3 Å². The third-order valence-electron chi connectivity index (χ3n) is 4.19. The van der Waals surface area contributed by atoms with Crippen molar-refractivity contribution in [2.75, 3.05) is 18.0 Å². The Labute approximate surface area is 128 Å². The number of rotatable bonds is 5. The average molecular weight is 282 g/mol. The first-order chi connectivity index (χ1) is 10.1. The first-order valence-corrected chi connectivity index (χ1v) is 7.67. The van der Waals surface area contributed by atoms with Crippen LogP contribution in [0.4, 0.5) is 5.69 Å². The molecule has 2 heteroatoms. The molecular formula is C19H26N2. The van der Waals surface area contributed by atoms with Crippen LogP contribution in [0.3, 0.4) is 0 Å². The predicted molar refractivity (Wildman–Crippen MR) is 91.9 cm³/mol. The molecule has 2 aromatic carbocycles. The third kappa shape index (κ3) is 3.45. The second-order valence-corrected chi connectivity index (χ2v) is 5.72. The monoisotopic (exact) mass is 282 g/mol. The molecule has 0 saturated heterocycles. The van der Waals surface area contributed by atoms with E-state index in [4.69, 9.17) is 5.73 Å². The van der Waals surface area contributed by atoms with Gasteiger partial charge in [0.1, 0.15) is 0 Å². The molecule has 0 heterocycles. The molecule has 2 rings (SSSR count). The Morgan fingerprint density at radius 2 is 1.76 bits per heavy atom. The standard InChI is InChI=1S/C19H26N2/c1-5-21(18-8-6-7-14(2)11-18)19(13-20)17-10-9-15(3)16(4)12-17/h6-12,19H,5,13,20H2,1-4H3. The molecule has 1 unspecified atom stereocenters. The van der Waals surface area contributed by atoms with E-state index >= 15 is 0 Å². The van der Waals surface area contributed by atoms with Crippen molar-refractivity contribution < 1.29 is 0 Å². The summed E-state index contributed by atoms with van der Waals surface area (Å²) in [5, 5.41) is 0. The summed E-state index contributed by atoms with van der Waals surface area (Å²) >= 11 is 0. The first-order valence-electron chi connectivity index (χ1n) is 7.67. The molecule has 2 aromatic rings. The van der Waals surface area contributed by atoms with Crippen LogP contribution in [0.15, 0.2) is 42.5 Å². The highest BCUT2D eigenvalue weighted by Gasteiger charge is 2.18. The minimum Gasteiger partial charge on any atom is -0.363 e. The van der Waals surface area contributed by atoms with E-state index in [0.717, 1.165) is 6.54 Å². The van der Waals surface area contributed by atoms with Crippen LogP contribution in [-0.2, 0) is 0 Å². The van der Waals surface area contributed by atoms with Gasteiger partial charge in [0.25, 0.3) is 0 Å². The van der Waals surface area contributed by atoms with E-state index in [-0.39, 0.29) is 6.04 Å². The molecule has 0 aliphatic heterocycles. The molecule has 21 heavy (non-hydrogen) atoms. The number of hydrogen-bond acceptors (Lipinski definition) is 2. The van der Waals surface area contributed by atoms with Crippen LogP contribution in [0.5, 0.6) is 0 Å². The van der Waals surface area contributed by atoms with E-state index in [1.807, 2.05) is 0 Å². The van der Waals surface area contributed by atoms with Crippen LogP contribution < -0.4 is 10.6 Å². The van der Waals surface area contributed by atoms with Crippen molar-refractivity contribution in [2.24, 2.45) is 5.73 Å². The van der Waals surface area contributed by atoms with Gasteiger partial charge in [0.15, 0.2) is 0 Å². The SMILES string of the molecule is CCN(c1cccc(C)c1)C(CN)c1ccc(C)c(C)c1.